The first kappa shape index (κ1) is 18.2. The molecule has 8 heteroatoms. The van der Waals surface area contributed by atoms with E-state index in [1.54, 1.807) is 0 Å². The van der Waals surface area contributed by atoms with Crippen molar-refractivity contribution >= 4 is 21.4 Å². The van der Waals surface area contributed by atoms with Crippen LogP contribution in [0.5, 0.6) is 0 Å². The predicted octanol–water partition coefficient (Wildman–Crippen LogP) is 3.27. The van der Waals surface area contributed by atoms with Crippen molar-refractivity contribution in [2.75, 3.05) is 16.4 Å². The van der Waals surface area contributed by atoms with Crippen LogP contribution in [0.15, 0.2) is 24.3 Å². The third-order valence-corrected chi connectivity index (χ3v) is 6.75. The molecule has 138 valence electrons. The molecule has 2 atom stereocenters. The van der Waals surface area contributed by atoms with Gasteiger partial charge in [-0.2, -0.15) is 13.2 Å². The molecular formula is C17H20F3NO3S. The number of anilines is 1. The molecule has 1 aromatic carbocycles. The lowest BCUT2D eigenvalue weighted by atomic mass is 10.0. The highest BCUT2D eigenvalue weighted by Gasteiger charge is 2.41. The third-order valence-electron chi connectivity index (χ3n) is 4.98. The minimum Gasteiger partial charge on any atom is -0.309 e. The standard InChI is InChI=1S/C17H20F3NO3S/c1-11(12-5-6-12)21(16(22)13-7-8-25(23,24)10-13)15-4-2-3-14(9-15)17(18,19)20/h2-4,9,11-13H,5-8,10H2,1H3/t11-,13-/m0/s1. The first-order valence-electron chi connectivity index (χ1n) is 8.29. The Morgan fingerprint density at radius 2 is 1.92 bits per heavy atom. The van der Waals surface area contributed by atoms with Gasteiger partial charge in [-0.15, -0.1) is 0 Å². The van der Waals surface area contributed by atoms with Crippen LogP contribution in [0.1, 0.15) is 31.7 Å². The van der Waals surface area contributed by atoms with E-state index >= 15 is 0 Å². The van der Waals surface area contributed by atoms with E-state index in [2.05, 4.69) is 0 Å². The quantitative estimate of drug-likeness (QED) is 0.812. The lowest BCUT2D eigenvalue weighted by Crippen LogP contribution is -2.44. The fourth-order valence-corrected chi connectivity index (χ4v) is 5.10. The number of hydrogen-bond donors (Lipinski definition) is 0. The van der Waals surface area contributed by atoms with Gasteiger partial charge < -0.3 is 4.90 Å². The van der Waals surface area contributed by atoms with Crippen LogP contribution in [-0.4, -0.2) is 31.9 Å². The zero-order chi connectivity index (χ0) is 18.4. The molecule has 0 bridgehead atoms. The van der Waals surface area contributed by atoms with Crippen LogP contribution in [0, 0.1) is 11.8 Å². The fourth-order valence-electron chi connectivity index (χ4n) is 3.37. The van der Waals surface area contributed by atoms with E-state index in [9.17, 15) is 26.4 Å². The number of halogens is 3. The summed E-state index contributed by atoms with van der Waals surface area (Å²) in [5.41, 5.74) is -0.631. The number of nitrogens with zero attached hydrogens (tertiary/aromatic N) is 1. The van der Waals surface area contributed by atoms with E-state index < -0.39 is 27.5 Å². The number of sulfone groups is 1. The zero-order valence-corrected chi connectivity index (χ0v) is 14.6. The Hall–Kier alpha value is -1.57. The van der Waals surface area contributed by atoms with Crippen LogP contribution in [0.3, 0.4) is 0 Å². The van der Waals surface area contributed by atoms with Gasteiger partial charge in [0, 0.05) is 11.7 Å². The highest BCUT2D eigenvalue weighted by Crippen LogP contribution is 2.39. The van der Waals surface area contributed by atoms with Gasteiger partial charge in [-0.05, 0) is 50.3 Å². The number of benzene rings is 1. The van der Waals surface area contributed by atoms with Crippen molar-refractivity contribution in [2.24, 2.45) is 11.8 Å². The highest BCUT2D eigenvalue weighted by atomic mass is 32.2. The summed E-state index contributed by atoms with van der Waals surface area (Å²) in [5.74, 6) is -1.09. The number of alkyl halides is 3. The van der Waals surface area contributed by atoms with Crippen LogP contribution in [0.4, 0.5) is 18.9 Å². The molecule has 1 heterocycles. The molecule has 4 nitrogen and oxygen atoms in total. The molecule has 1 aliphatic heterocycles. The largest absolute Gasteiger partial charge is 0.416 e. The third kappa shape index (κ3) is 3.99. The van der Waals surface area contributed by atoms with Crippen molar-refractivity contribution in [1.82, 2.24) is 0 Å². The number of carbonyl (C=O) groups is 1. The van der Waals surface area contributed by atoms with Gasteiger partial charge >= 0.3 is 6.18 Å². The Balaban J connectivity index is 1.94. The Labute approximate surface area is 144 Å². The average molecular weight is 375 g/mol. The van der Waals surface area contributed by atoms with Crippen LogP contribution < -0.4 is 4.90 Å². The van der Waals surface area contributed by atoms with Gasteiger partial charge in [0.05, 0.1) is 23.0 Å². The van der Waals surface area contributed by atoms with Gasteiger partial charge in [0.1, 0.15) is 0 Å². The van der Waals surface area contributed by atoms with E-state index in [0.29, 0.717) is 0 Å². The monoisotopic (exact) mass is 375 g/mol. The first-order valence-corrected chi connectivity index (χ1v) is 10.1. The number of rotatable bonds is 4. The summed E-state index contributed by atoms with van der Waals surface area (Å²) >= 11 is 0. The van der Waals surface area contributed by atoms with E-state index in [4.69, 9.17) is 0 Å². The molecule has 1 saturated heterocycles. The summed E-state index contributed by atoms with van der Waals surface area (Å²) in [4.78, 5) is 14.3. The Kier molecular flexibility index (Phi) is 4.59. The lowest BCUT2D eigenvalue weighted by molar-refractivity contribution is -0.137. The second-order valence-electron chi connectivity index (χ2n) is 6.93. The molecule has 3 rings (SSSR count). The van der Waals surface area contributed by atoms with Gasteiger partial charge in [-0.25, -0.2) is 8.42 Å². The van der Waals surface area contributed by atoms with Crippen LogP contribution in [-0.2, 0) is 20.8 Å². The van der Waals surface area contributed by atoms with Crippen LogP contribution in [0.2, 0.25) is 0 Å². The smallest absolute Gasteiger partial charge is 0.309 e. The fraction of sp³-hybridized carbons (Fsp3) is 0.588. The highest BCUT2D eigenvalue weighted by molar-refractivity contribution is 7.91. The zero-order valence-electron chi connectivity index (χ0n) is 13.8. The summed E-state index contributed by atoms with van der Waals surface area (Å²) in [6.07, 6.45) is -2.42. The minimum absolute atomic E-state index is 0.0440. The molecular weight excluding hydrogens is 355 g/mol. The topological polar surface area (TPSA) is 54.5 Å². The summed E-state index contributed by atoms with van der Waals surface area (Å²) in [7, 11) is -3.25. The van der Waals surface area contributed by atoms with E-state index in [1.807, 2.05) is 6.92 Å². The summed E-state index contributed by atoms with van der Waals surface area (Å²) in [6, 6.07) is 4.45. The van der Waals surface area contributed by atoms with E-state index in [0.717, 1.165) is 25.0 Å². The molecule has 1 aromatic rings. The van der Waals surface area contributed by atoms with E-state index in [-0.39, 0.29) is 41.5 Å². The van der Waals surface area contributed by atoms with Gasteiger partial charge in [0.2, 0.25) is 5.91 Å². The molecule has 1 amide bonds. The van der Waals surface area contributed by atoms with Gasteiger partial charge in [0.15, 0.2) is 9.84 Å². The number of carbonyl (C=O) groups excluding carboxylic acids is 1. The maximum atomic E-state index is 13.0. The Bertz CT molecular complexity index is 772. The van der Waals surface area contributed by atoms with Crippen molar-refractivity contribution in [3.8, 4) is 0 Å². The predicted molar refractivity (Wildman–Crippen MR) is 87.9 cm³/mol. The molecule has 0 spiro atoms. The van der Waals surface area contributed by atoms with Crippen LogP contribution >= 0.6 is 0 Å². The first-order chi connectivity index (χ1) is 11.6. The summed E-state index contributed by atoms with van der Waals surface area (Å²) in [6.45, 7) is 1.82. The Morgan fingerprint density at radius 3 is 2.44 bits per heavy atom. The molecule has 0 radical (unpaired) electrons. The average Bonchev–Trinajstić information content (AvgIpc) is 3.30. The van der Waals surface area contributed by atoms with Gasteiger partial charge in [-0.3, -0.25) is 4.79 Å². The van der Waals surface area contributed by atoms with Gasteiger partial charge in [0.25, 0.3) is 0 Å². The van der Waals surface area contributed by atoms with Crippen molar-refractivity contribution in [2.45, 2.75) is 38.4 Å². The van der Waals surface area contributed by atoms with Gasteiger partial charge in [-0.1, -0.05) is 6.07 Å². The SMILES string of the molecule is C[C@@H](C1CC1)N(C(=O)[C@H]1CCS(=O)(=O)C1)c1cccc(C(F)(F)F)c1. The summed E-state index contributed by atoms with van der Waals surface area (Å²) < 4.78 is 62.4. The maximum Gasteiger partial charge on any atom is 0.416 e. The van der Waals surface area contributed by atoms with Crippen LogP contribution in [0.25, 0.3) is 0 Å². The Morgan fingerprint density at radius 1 is 1.24 bits per heavy atom. The van der Waals surface area contributed by atoms with E-state index in [1.165, 1.54) is 17.0 Å². The molecule has 1 aliphatic carbocycles. The maximum absolute atomic E-state index is 13.0. The molecule has 0 unspecified atom stereocenters. The van der Waals surface area contributed by atoms with Crippen molar-refractivity contribution in [3.05, 3.63) is 29.8 Å². The van der Waals surface area contributed by atoms with Crippen molar-refractivity contribution in [1.29, 1.82) is 0 Å². The minimum atomic E-state index is -4.50. The molecule has 25 heavy (non-hydrogen) atoms. The van der Waals surface area contributed by atoms with Crippen molar-refractivity contribution in [3.63, 3.8) is 0 Å². The number of hydrogen-bond acceptors (Lipinski definition) is 3. The normalized spacial score (nSPS) is 24.1. The molecule has 1 saturated carbocycles. The van der Waals surface area contributed by atoms with Crippen molar-refractivity contribution < 1.29 is 26.4 Å². The second kappa shape index (κ2) is 6.30. The second-order valence-corrected chi connectivity index (χ2v) is 9.16. The molecule has 0 aromatic heterocycles. The lowest BCUT2D eigenvalue weighted by Gasteiger charge is -2.32. The molecule has 2 fully saturated rings. The molecule has 2 aliphatic rings. The summed E-state index contributed by atoms with van der Waals surface area (Å²) in [5, 5.41) is 0. The molecule has 0 N–H and O–H groups in total. The number of amides is 1.